The summed E-state index contributed by atoms with van der Waals surface area (Å²) in [5, 5.41) is 2.59. The highest BCUT2D eigenvalue weighted by Gasteiger charge is 2.41. The molecule has 2 amide bonds. The molecular weight excluding hydrogens is 272 g/mol. The Hall–Kier alpha value is -2.24. The van der Waals surface area contributed by atoms with Gasteiger partial charge in [0.1, 0.15) is 23.6 Å². The fourth-order valence-corrected chi connectivity index (χ4v) is 2.23. The van der Waals surface area contributed by atoms with Crippen LogP contribution in [-0.2, 0) is 9.59 Å². The molecule has 6 heteroatoms. The maximum absolute atomic E-state index is 11.9. The summed E-state index contributed by atoms with van der Waals surface area (Å²) >= 11 is 0. The van der Waals surface area contributed by atoms with Crippen molar-refractivity contribution in [3.05, 3.63) is 24.3 Å². The third-order valence-electron chi connectivity index (χ3n) is 3.57. The first-order valence-electron chi connectivity index (χ1n) is 6.81. The topological polar surface area (TPSA) is 67.9 Å². The number of ether oxygens (including phenoxy) is 2. The minimum Gasteiger partial charge on any atom is -0.497 e. The molecule has 6 nitrogen and oxygen atoms in total. The lowest BCUT2D eigenvalue weighted by Crippen LogP contribution is -2.64. The predicted octanol–water partition coefficient (Wildman–Crippen LogP) is 0.811. The number of rotatable bonds is 5. The zero-order chi connectivity index (χ0) is 15.5. The zero-order valence-electron chi connectivity index (χ0n) is 12.5. The van der Waals surface area contributed by atoms with Gasteiger partial charge in [0.25, 0.3) is 0 Å². The van der Waals surface area contributed by atoms with Gasteiger partial charge in [-0.1, -0.05) is 0 Å². The summed E-state index contributed by atoms with van der Waals surface area (Å²) in [4.78, 5) is 25.3. The molecule has 1 fully saturated rings. The molecule has 1 heterocycles. The van der Waals surface area contributed by atoms with Crippen molar-refractivity contribution >= 4 is 11.8 Å². The van der Waals surface area contributed by atoms with Gasteiger partial charge in [-0.25, -0.2) is 0 Å². The van der Waals surface area contributed by atoms with Gasteiger partial charge in [-0.15, -0.1) is 0 Å². The third-order valence-corrected chi connectivity index (χ3v) is 3.57. The average molecular weight is 292 g/mol. The Balaban J connectivity index is 1.92. The summed E-state index contributed by atoms with van der Waals surface area (Å²) in [7, 11) is 1.60. The summed E-state index contributed by atoms with van der Waals surface area (Å²) in [6.07, 6.45) is 0. The molecule has 0 radical (unpaired) electrons. The van der Waals surface area contributed by atoms with Crippen molar-refractivity contribution in [1.82, 2.24) is 10.2 Å². The first kappa shape index (κ1) is 15.2. The SMILES string of the molecule is COc1ccc(OCCN2C(=O)CNC(=O)C2(C)C)cc1. The number of hydrogen-bond acceptors (Lipinski definition) is 4. The number of carbonyl (C=O) groups excluding carboxylic acids is 2. The number of carbonyl (C=O) groups is 2. The van der Waals surface area contributed by atoms with Crippen molar-refractivity contribution in [2.24, 2.45) is 0 Å². The molecule has 0 unspecified atom stereocenters. The molecule has 1 saturated heterocycles. The predicted molar refractivity (Wildman–Crippen MR) is 77.3 cm³/mol. The number of nitrogens with zero attached hydrogens (tertiary/aromatic N) is 1. The number of benzene rings is 1. The lowest BCUT2D eigenvalue weighted by molar-refractivity contribution is -0.151. The van der Waals surface area contributed by atoms with E-state index in [4.69, 9.17) is 9.47 Å². The normalized spacial score (nSPS) is 17.4. The van der Waals surface area contributed by atoms with Crippen LogP contribution < -0.4 is 14.8 Å². The highest BCUT2D eigenvalue weighted by atomic mass is 16.5. The van der Waals surface area contributed by atoms with Crippen LogP contribution >= 0.6 is 0 Å². The van der Waals surface area contributed by atoms with Crippen LogP contribution in [0.2, 0.25) is 0 Å². The van der Waals surface area contributed by atoms with Gasteiger partial charge in [0.15, 0.2) is 0 Å². The highest BCUT2D eigenvalue weighted by Crippen LogP contribution is 2.19. The zero-order valence-corrected chi connectivity index (χ0v) is 12.5. The van der Waals surface area contributed by atoms with Crippen LogP contribution in [-0.4, -0.2) is 49.1 Å². The Morgan fingerprint density at radius 1 is 1.19 bits per heavy atom. The standard InChI is InChI=1S/C15H20N2O4/c1-15(2)14(19)16-10-13(18)17(15)8-9-21-12-6-4-11(20-3)5-7-12/h4-7H,8-10H2,1-3H3,(H,16,19). The average Bonchev–Trinajstić information content (AvgIpc) is 2.47. The Morgan fingerprint density at radius 3 is 2.43 bits per heavy atom. The summed E-state index contributed by atoms with van der Waals surface area (Å²) in [5.41, 5.74) is -0.849. The van der Waals surface area contributed by atoms with E-state index in [1.54, 1.807) is 50.1 Å². The highest BCUT2D eigenvalue weighted by molar-refractivity contribution is 5.97. The van der Waals surface area contributed by atoms with E-state index in [0.717, 1.165) is 5.75 Å². The molecule has 0 saturated carbocycles. The Labute approximate surface area is 124 Å². The van der Waals surface area contributed by atoms with E-state index in [9.17, 15) is 9.59 Å². The van der Waals surface area contributed by atoms with Gasteiger partial charge in [-0.2, -0.15) is 0 Å². The first-order chi connectivity index (χ1) is 9.95. The number of hydrogen-bond donors (Lipinski definition) is 1. The van der Waals surface area contributed by atoms with Crippen LogP contribution in [0, 0.1) is 0 Å². The summed E-state index contributed by atoms with van der Waals surface area (Å²) in [6.45, 7) is 4.20. The molecular formula is C15H20N2O4. The maximum atomic E-state index is 11.9. The number of nitrogens with one attached hydrogen (secondary N) is 1. The summed E-state index contributed by atoms with van der Waals surface area (Å²) < 4.78 is 10.7. The van der Waals surface area contributed by atoms with Gasteiger partial charge in [0, 0.05) is 0 Å². The van der Waals surface area contributed by atoms with E-state index in [0.29, 0.717) is 18.9 Å². The summed E-state index contributed by atoms with van der Waals surface area (Å²) in [5.74, 6) is 1.21. The maximum Gasteiger partial charge on any atom is 0.245 e. The van der Waals surface area contributed by atoms with E-state index in [2.05, 4.69) is 5.32 Å². The van der Waals surface area contributed by atoms with Crippen LogP contribution in [0.3, 0.4) is 0 Å². The quantitative estimate of drug-likeness (QED) is 0.872. The second-order valence-electron chi connectivity index (χ2n) is 5.31. The van der Waals surface area contributed by atoms with E-state index in [1.165, 1.54) is 0 Å². The molecule has 0 bridgehead atoms. The van der Waals surface area contributed by atoms with Crippen molar-refractivity contribution in [3.8, 4) is 11.5 Å². The molecule has 1 aliphatic rings. The number of piperazine rings is 1. The van der Waals surface area contributed by atoms with Gasteiger partial charge >= 0.3 is 0 Å². The fraction of sp³-hybridized carbons (Fsp3) is 0.467. The molecule has 1 N–H and O–H groups in total. The molecule has 1 aliphatic heterocycles. The van der Waals surface area contributed by atoms with E-state index in [-0.39, 0.29) is 18.4 Å². The van der Waals surface area contributed by atoms with Crippen molar-refractivity contribution in [3.63, 3.8) is 0 Å². The smallest absolute Gasteiger partial charge is 0.245 e. The van der Waals surface area contributed by atoms with Crippen LogP contribution in [0.1, 0.15) is 13.8 Å². The molecule has 1 aromatic rings. The molecule has 0 spiro atoms. The molecule has 1 aromatic carbocycles. The van der Waals surface area contributed by atoms with Gasteiger partial charge < -0.3 is 19.7 Å². The van der Waals surface area contributed by atoms with Crippen molar-refractivity contribution in [2.45, 2.75) is 19.4 Å². The molecule has 114 valence electrons. The second-order valence-corrected chi connectivity index (χ2v) is 5.31. The lowest BCUT2D eigenvalue weighted by atomic mass is 9.99. The Kier molecular flexibility index (Phi) is 4.35. The van der Waals surface area contributed by atoms with Gasteiger partial charge in [0.05, 0.1) is 20.2 Å². The number of amides is 2. The third kappa shape index (κ3) is 3.26. The lowest BCUT2D eigenvalue weighted by Gasteiger charge is -2.40. The van der Waals surface area contributed by atoms with Crippen molar-refractivity contribution in [2.75, 3.05) is 26.8 Å². The van der Waals surface area contributed by atoms with Crippen LogP contribution in [0.5, 0.6) is 11.5 Å². The van der Waals surface area contributed by atoms with E-state index in [1.807, 2.05) is 0 Å². The van der Waals surface area contributed by atoms with Crippen molar-refractivity contribution in [1.29, 1.82) is 0 Å². The van der Waals surface area contributed by atoms with Gasteiger partial charge in [-0.05, 0) is 38.1 Å². The minimum atomic E-state index is -0.849. The molecule has 0 aliphatic carbocycles. The first-order valence-corrected chi connectivity index (χ1v) is 6.81. The fourth-order valence-electron chi connectivity index (χ4n) is 2.23. The van der Waals surface area contributed by atoms with Gasteiger partial charge in [0.2, 0.25) is 11.8 Å². The minimum absolute atomic E-state index is 0.0464. The number of methoxy groups -OCH3 is 1. The Bertz CT molecular complexity index is 525. The molecule has 0 atom stereocenters. The van der Waals surface area contributed by atoms with Crippen LogP contribution in [0.25, 0.3) is 0 Å². The molecule has 0 aromatic heterocycles. The largest absolute Gasteiger partial charge is 0.497 e. The van der Waals surface area contributed by atoms with E-state index < -0.39 is 5.54 Å². The monoisotopic (exact) mass is 292 g/mol. The van der Waals surface area contributed by atoms with Crippen molar-refractivity contribution < 1.29 is 19.1 Å². The molecule has 2 rings (SSSR count). The second kappa shape index (κ2) is 6.03. The van der Waals surface area contributed by atoms with Crippen LogP contribution in [0.15, 0.2) is 24.3 Å². The van der Waals surface area contributed by atoms with Crippen LogP contribution in [0.4, 0.5) is 0 Å². The Morgan fingerprint density at radius 2 is 1.81 bits per heavy atom. The summed E-state index contributed by atoms with van der Waals surface area (Å²) in [6, 6.07) is 7.21. The van der Waals surface area contributed by atoms with E-state index >= 15 is 0 Å². The molecule has 21 heavy (non-hydrogen) atoms. The van der Waals surface area contributed by atoms with Gasteiger partial charge in [-0.3, -0.25) is 9.59 Å².